The lowest BCUT2D eigenvalue weighted by Gasteiger charge is -2.22. The highest BCUT2D eigenvalue weighted by Crippen LogP contribution is 2.52. The van der Waals surface area contributed by atoms with Crippen molar-refractivity contribution in [2.24, 2.45) is 0 Å². The largest absolute Gasteiger partial charge is 0.309 e. The maximum atomic E-state index is 2.49. The van der Waals surface area contributed by atoms with Crippen LogP contribution in [0.25, 0.3) is 141 Å². The van der Waals surface area contributed by atoms with Gasteiger partial charge in [0.1, 0.15) is 0 Å². The van der Waals surface area contributed by atoms with Crippen LogP contribution in [0, 0.1) is 0 Å². The maximum absolute atomic E-state index is 2.49. The Morgan fingerprint density at radius 3 is 0.919 bits per heavy atom. The molecule has 346 valence electrons. The Morgan fingerprint density at radius 1 is 0.230 bits per heavy atom. The van der Waals surface area contributed by atoms with Crippen molar-refractivity contribution in [3.8, 4) is 78.7 Å². The molecule has 0 saturated heterocycles. The van der Waals surface area contributed by atoms with Crippen molar-refractivity contribution in [3.63, 3.8) is 0 Å². The topological polar surface area (TPSA) is 9.86 Å². The predicted molar refractivity (Wildman–Crippen MR) is 319 cm³/mol. The average Bonchev–Trinajstić information content (AvgIpc) is 4.29. The molecule has 0 radical (unpaired) electrons. The third-order valence-electron chi connectivity index (χ3n) is 15.0. The van der Waals surface area contributed by atoms with E-state index in [2.05, 4.69) is 276 Å². The number of benzene rings is 11. The molecule has 11 aromatic carbocycles. The van der Waals surface area contributed by atoms with Crippen molar-refractivity contribution in [2.45, 2.75) is 0 Å². The Morgan fingerprint density at radius 2 is 0.554 bits per heavy atom. The van der Waals surface area contributed by atoms with Crippen molar-refractivity contribution in [1.29, 1.82) is 0 Å². The standard InChI is InChI=1S/C70H44N2S2/c1-5-19-45(20-6-1)59-39-40-60(46-21-7-2-8-22-46)71(59)49-35-37-51-57(43-49)67(55-29-17-33-65-69(55)53-27-13-15-31-63(53)73-65)52-38-36-50(72-61(47-23-9-3-10-24-47)41-42-62(72)48-25-11-4-12-26-48)44-58(52)68(51)56-30-18-34-66-70(56)54-28-14-16-32-64(54)74-66/h1-44H. The zero-order valence-electron chi connectivity index (χ0n) is 40.1. The molecule has 15 aromatic rings. The third-order valence-corrected chi connectivity index (χ3v) is 17.3. The van der Waals surface area contributed by atoms with Crippen molar-refractivity contribution in [3.05, 3.63) is 267 Å². The van der Waals surface area contributed by atoms with Gasteiger partial charge in [-0.2, -0.15) is 0 Å². The smallest absolute Gasteiger partial charge is 0.0535 e. The fraction of sp³-hybridized carbons (Fsp3) is 0. The Labute approximate surface area is 436 Å². The van der Waals surface area contributed by atoms with Gasteiger partial charge in [0.05, 0.1) is 22.8 Å². The highest BCUT2D eigenvalue weighted by molar-refractivity contribution is 7.26. The fourth-order valence-corrected chi connectivity index (χ4v) is 14.1. The number of thiophene rings is 2. The Balaban J connectivity index is 1.12. The number of rotatable bonds is 8. The summed E-state index contributed by atoms with van der Waals surface area (Å²) in [5, 5.41) is 9.99. The van der Waals surface area contributed by atoms with Gasteiger partial charge in [-0.3, -0.25) is 0 Å². The quantitative estimate of drug-likeness (QED) is 0.134. The van der Waals surface area contributed by atoms with Crippen molar-refractivity contribution in [1.82, 2.24) is 9.13 Å². The highest BCUT2D eigenvalue weighted by atomic mass is 32.1. The van der Waals surface area contributed by atoms with Gasteiger partial charge in [0.15, 0.2) is 0 Å². The van der Waals surface area contributed by atoms with Crippen LogP contribution in [0.3, 0.4) is 0 Å². The molecule has 4 aromatic heterocycles. The maximum Gasteiger partial charge on any atom is 0.0535 e. The Kier molecular flexibility index (Phi) is 9.97. The first-order chi connectivity index (χ1) is 36.7. The molecule has 0 atom stereocenters. The van der Waals surface area contributed by atoms with Crippen LogP contribution in [-0.2, 0) is 0 Å². The molecular formula is C70H44N2S2. The summed E-state index contributed by atoms with van der Waals surface area (Å²) in [6, 6.07) is 98.7. The molecule has 0 bridgehead atoms. The van der Waals surface area contributed by atoms with Gasteiger partial charge in [-0.05, 0) is 139 Å². The van der Waals surface area contributed by atoms with Gasteiger partial charge in [0.2, 0.25) is 0 Å². The van der Waals surface area contributed by atoms with E-state index in [9.17, 15) is 0 Å². The summed E-state index contributed by atoms with van der Waals surface area (Å²) in [7, 11) is 0. The molecule has 0 aliphatic heterocycles. The van der Waals surface area contributed by atoms with E-state index in [1.54, 1.807) is 0 Å². The van der Waals surface area contributed by atoms with Crippen LogP contribution < -0.4 is 0 Å². The molecular weight excluding hydrogens is 933 g/mol. The summed E-state index contributed by atoms with van der Waals surface area (Å²) in [4.78, 5) is 0. The lowest BCUT2D eigenvalue weighted by atomic mass is 9.83. The van der Waals surface area contributed by atoms with Crippen LogP contribution in [0.4, 0.5) is 0 Å². The van der Waals surface area contributed by atoms with E-state index >= 15 is 0 Å². The molecule has 0 unspecified atom stereocenters. The summed E-state index contributed by atoms with van der Waals surface area (Å²) in [5.74, 6) is 0. The van der Waals surface area contributed by atoms with Crippen LogP contribution in [0.2, 0.25) is 0 Å². The molecule has 0 spiro atoms. The predicted octanol–water partition coefficient (Wildman–Crippen LogP) is 20.3. The first kappa shape index (κ1) is 42.6. The van der Waals surface area contributed by atoms with Gasteiger partial charge in [-0.15, -0.1) is 22.7 Å². The van der Waals surface area contributed by atoms with Gasteiger partial charge in [-0.25, -0.2) is 0 Å². The van der Waals surface area contributed by atoms with Crippen LogP contribution in [0.5, 0.6) is 0 Å². The molecule has 4 heteroatoms. The molecule has 0 aliphatic carbocycles. The summed E-state index contributed by atoms with van der Waals surface area (Å²) >= 11 is 3.76. The van der Waals surface area contributed by atoms with Gasteiger partial charge in [0, 0.05) is 51.7 Å². The number of aromatic nitrogens is 2. The third kappa shape index (κ3) is 6.76. The minimum atomic E-state index is 1.11. The van der Waals surface area contributed by atoms with E-state index in [-0.39, 0.29) is 0 Å². The van der Waals surface area contributed by atoms with Crippen LogP contribution in [0.15, 0.2) is 267 Å². The summed E-state index contributed by atoms with van der Waals surface area (Å²) < 4.78 is 10.1. The van der Waals surface area contributed by atoms with Gasteiger partial charge in [-0.1, -0.05) is 194 Å². The summed E-state index contributed by atoms with van der Waals surface area (Å²) in [6.07, 6.45) is 0. The zero-order valence-corrected chi connectivity index (χ0v) is 41.7. The normalized spacial score (nSPS) is 11.8. The monoisotopic (exact) mass is 976 g/mol. The SMILES string of the molecule is c1ccc(-c2ccc(-c3ccccc3)n2-c2ccc3c(-c4cccc5sc6ccccc6c45)c4cc(-n5c(-c6ccccc6)ccc5-c5ccccc5)ccc4c(-c4cccc5sc6ccccc6c45)c3c2)cc1. The Hall–Kier alpha value is -9.06. The van der Waals surface area contributed by atoms with Gasteiger partial charge >= 0.3 is 0 Å². The Bertz CT molecular complexity index is 4220. The summed E-state index contributed by atoms with van der Waals surface area (Å²) in [6.45, 7) is 0. The molecule has 0 saturated carbocycles. The van der Waals surface area contributed by atoms with Crippen LogP contribution >= 0.6 is 22.7 Å². The van der Waals surface area contributed by atoms with E-state index in [0.717, 1.165) is 34.2 Å². The van der Waals surface area contributed by atoms with Crippen molar-refractivity contribution >= 4 is 84.6 Å². The van der Waals surface area contributed by atoms with Gasteiger partial charge in [0.25, 0.3) is 0 Å². The number of hydrogen-bond donors (Lipinski definition) is 0. The lowest BCUT2D eigenvalue weighted by Crippen LogP contribution is -2.02. The van der Waals surface area contributed by atoms with Crippen molar-refractivity contribution < 1.29 is 0 Å². The van der Waals surface area contributed by atoms with E-state index in [0.29, 0.717) is 0 Å². The number of nitrogens with zero attached hydrogens (tertiary/aromatic N) is 2. The van der Waals surface area contributed by atoms with E-state index < -0.39 is 0 Å². The molecule has 0 fully saturated rings. The van der Waals surface area contributed by atoms with Gasteiger partial charge < -0.3 is 9.13 Å². The molecule has 0 aliphatic rings. The highest BCUT2D eigenvalue weighted by Gasteiger charge is 2.25. The molecule has 2 nitrogen and oxygen atoms in total. The zero-order chi connectivity index (χ0) is 48.7. The minimum absolute atomic E-state index is 1.11. The minimum Gasteiger partial charge on any atom is -0.309 e. The first-order valence-corrected chi connectivity index (χ1v) is 26.9. The average molecular weight is 977 g/mol. The second kappa shape index (κ2) is 17.3. The van der Waals surface area contributed by atoms with Crippen LogP contribution in [-0.4, -0.2) is 9.13 Å². The first-order valence-electron chi connectivity index (χ1n) is 25.2. The molecule has 0 N–H and O–H groups in total. The molecule has 0 amide bonds. The summed E-state index contributed by atoms with van der Waals surface area (Å²) in [5.41, 5.74) is 16.4. The second-order valence-corrected chi connectivity index (χ2v) is 21.3. The molecule has 15 rings (SSSR count). The fourth-order valence-electron chi connectivity index (χ4n) is 11.8. The van der Waals surface area contributed by atoms with E-state index in [4.69, 9.17) is 0 Å². The van der Waals surface area contributed by atoms with E-state index in [1.165, 1.54) is 106 Å². The lowest BCUT2D eigenvalue weighted by molar-refractivity contribution is 1.10. The second-order valence-electron chi connectivity index (χ2n) is 19.1. The molecule has 74 heavy (non-hydrogen) atoms. The number of hydrogen-bond acceptors (Lipinski definition) is 2. The number of fused-ring (bicyclic) bond motifs is 8. The molecule has 4 heterocycles. The van der Waals surface area contributed by atoms with Crippen LogP contribution in [0.1, 0.15) is 0 Å². The van der Waals surface area contributed by atoms with Crippen molar-refractivity contribution in [2.75, 3.05) is 0 Å². The van der Waals surface area contributed by atoms with E-state index in [1.807, 2.05) is 22.7 Å².